The number of rotatable bonds is 5. The molecule has 0 bridgehead atoms. The van der Waals surface area contributed by atoms with Gasteiger partial charge in [0.2, 0.25) is 0 Å². The Morgan fingerprint density at radius 2 is 1.65 bits per heavy atom. The predicted molar refractivity (Wildman–Crippen MR) is 88.2 cm³/mol. The molecule has 0 saturated carbocycles. The maximum atomic E-state index is 6.24. The Morgan fingerprint density at radius 1 is 0.950 bits per heavy atom. The van der Waals surface area contributed by atoms with Crippen LogP contribution in [0.3, 0.4) is 0 Å². The molecule has 1 atom stereocenters. The first kappa shape index (κ1) is 15.7. The molecule has 0 aliphatic rings. The predicted octanol–water partition coefficient (Wildman–Crippen LogP) is 5.02. The van der Waals surface area contributed by atoms with Crippen molar-refractivity contribution < 1.29 is 0 Å². The molecule has 1 nitrogen and oxygen atoms in total. The van der Waals surface area contributed by atoms with Crippen LogP contribution in [0, 0.1) is 0 Å². The molecule has 0 aliphatic heterocycles. The van der Waals surface area contributed by atoms with Crippen LogP contribution in [0.25, 0.3) is 0 Å². The molecule has 1 N–H and O–H groups in total. The highest BCUT2D eigenvalue weighted by molar-refractivity contribution is 6.42. The molecular formula is C16H16Cl3N. The van der Waals surface area contributed by atoms with Gasteiger partial charge in [0, 0.05) is 11.1 Å². The fourth-order valence-electron chi connectivity index (χ4n) is 2.15. The lowest BCUT2D eigenvalue weighted by Gasteiger charge is -2.17. The zero-order valence-electron chi connectivity index (χ0n) is 11.2. The van der Waals surface area contributed by atoms with Gasteiger partial charge in [0.25, 0.3) is 0 Å². The Balaban J connectivity index is 2.09. The highest BCUT2D eigenvalue weighted by Gasteiger charge is 2.12. The minimum absolute atomic E-state index is 0.298. The molecule has 0 aliphatic carbocycles. The average molecular weight is 329 g/mol. The van der Waals surface area contributed by atoms with Crippen molar-refractivity contribution in [2.24, 2.45) is 0 Å². The van der Waals surface area contributed by atoms with E-state index in [2.05, 4.69) is 5.32 Å². The number of hydrogen-bond donors (Lipinski definition) is 1. The van der Waals surface area contributed by atoms with E-state index in [9.17, 15) is 0 Å². The number of likely N-dealkylation sites (N-methyl/N-ethyl adjacent to an activating group) is 1. The zero-order valence-corrected chi connectivity index (χ0v) is 13.4. The summed E-state index contributed by atoms with van der Waals surface area (Å²) in [5.41, 5.74) is 2.30. The van der Waals surface area contributed by atoms with Gasteiger partial charge in [-0.2, -0.15) is 0 Å². The molecule has 0 spiro atoms. The van der Waals surface area contributed by atoms with Gasteiger partial charge in [-0.15, -0.1) is 0 Å². The lowest BCUT2D eigenvalue weighted by Crippen LogP contribution is -2.30. The van der Waals surface area contributed by atoms with Crippen molar-refractivity contribution >= 4 is 34.8 Å². The molecule has 0 heterocycles. The lowest BCUT2D eigenvalue weighted by molar-refractivity contribution is 0.556. The normalized spacial score (nSPS) is 12.4. The van der Waals surface area contributed by atoms with Crippen molar-refractivity contribution in [2.75, 3.05) is 7.05 Å². The van der Waals surface area contributed by atoms with Crippen LogP contribution < -0.4 is 5.32 Å². The van der Waals surface area contributed by atoms with Crippen LogP contribution in [-0.2, 0) is 12.8 Å². The summed E-state index contributed by atoms with van der Waals surface area (Å²) in [5.74, 6) is 0. The van der Waals surface area contributed by atoms with Gasteiger partial charge >= 0.3 is 0 Å². The molecule has 1 unspecified atom stereocenters. The maximum absolute atomic E-state index is 6.24. The molecule has 2 aromatic rings. The summed E-state index contributed by atoms with van der Waals surface area (Å²) in [4.78, 5) is 0. The van der Waals surface area contributed by atoms with Crippen molar-refractivity contribution in [3.05, 3.63) is 68.7 Å². The average Bonchev–Trinajstić information content (AvgIpc) is 2.45. The van der Waals surface area contributed by atoms with E-state index in [-0.39, 0.29) is 0 Å². The third-order valence-corrected chi connectivity index (χ3v) is 4.41. The molecule has 20 heavy (non-hydrogen) atoms. The SMILES string of the molecule is CNC(Cc1ccc(Cl)cc1)Cc1cccc(Cl)c1Cl. The minimum atomic E-state index is 0.298. The first-order chi connectivity index (χ1) is 9.60. The Hall–Kier alpha value is -0.730. The smallest absolute Gasteiger partial charge is 0.0624 e. The number of nitrogens with one attached hydrogen (secondary N) is 1. The third kappa shape index (κ3) is 4.13. The quantitative estimate of drug-likeness (QED) is 0.812. The van der Waals surface area contributed by atoms with Crippen molar-refractivity contribution in [3.8, 4) is 0 Å². The summed E-state index contributed by atoms with van der Waals surface area (Å²) >= 11 is 18.2. The van der Waals surface area contributed by atoms with Gasteiger partial charge in [0.05, 0.1) is 10.0 Å². The third-order valence-electron chi connectivity index (χ3n) is 3.30. The summed E-state index contributed by atoms with van der Waals surface area (Å²) < 4.78 is 0. The first-order valence-corrected chi connectivity index (χ1v) is 7.58. The van der Waals surface area contributed by atoms with E-state index in [1.165, 1.54) is 5.56 Å². The second-order valence-electron chi connectivity index (χ2n) is 4.73. The highest BCUT2D eigenvalue weighted by Crippen LogP contribution is 2.26. The Bertz CT molecular complexity index is 566. The van der Waals surface area contributed by atoms with Gasteiger partial charge in [-0.3, -0.25) is 0 Å². The van der Waals surface area contributed by atoms with Gasteiger partial charge in [-0.1, -0.05) is 59.1 Å². The summed E-state index contributed by atoms with van der Waals surface area (Å²) in [5, 5.41) is 5.33. The molecule has 2 aromatic carbocycles. The molecule has 0 radical (unpaired) electrons. The van der Waals surface area contributed by atoms with Crippen LogP contribution in [0.2, 0.25) is 15.1 Å². The number of halogens is 3. The topological polar surface area (TPSA) is 12.0 Å². The van der Waals surface area contributed by atoms with Gasteiger partial charge in [0.1, 0.15) is 0 Å². The lowest BCUT2D eigenvalue weighted by atomic mass is 9.99. The number of benzene rings is 2. The number of hydrogen-bond acceptors (Lipinski definition) is 1. The van der Waals surface area contributed by atoms with Crippen LogP contribution in [0.4, 0.5) is 0 Å². The van der Waals surface area contributed by atoms with Crippen molar-refractivity contribution in [3.63, 3.8) is 0 Å². The Labute approximate surface area is 134 Å². The van der Waals surface area contributed by atoms with E-state index in [1.807, 2.05) is 43.4 Å². The summed E-state index contributed by atoms with van der Waals surface area (Å²) in [6.07, 6.45) is 1.75. The van der Waals surface area contributed by atoms with Crippen LogP contribution in [-0.4, -0.2) is 13.1 Å². The molecule has 2 rings (SSSR count). The van der Waals surface area contributed by atoms with E-state index in [0.717, 1.165) is 23.4 Å². The second-order valence-corrected chi connectivity index (χ2v) is 5.95. The fraction of sp³-hybridized carbons (Fsp3) is 0.250. The summed E-state index contributed by atoms with van der Waals surface area (Å²) in [6, 6.07) is 14.0. The largest absolute Gasteiger partial charge is 0.316 e. The standard InChI is InChI=1S/C16H16Cl3N/c1-20-14(9-11-5-7-13(17)8-6-11)10-12-3-2-4-15(18)16(12)19/h2-8,14,20H,9-10H2,1H3. The second kappa shape index (κ2) is 7.33. The van der Waals surface area contributed by atoms with Gasteiger partial charge in [0.15, 0.2) is 0 Å². The molecule has 0 amide bonds. The summed E-state index contributed by atoms with van der Waals surface area (Å²) in [7, 11) is 1.96. The van der Waals surface area contributed by atoms with Crippen LogP contribution in [0.15, 0.2) is 42.5 Å². The molecule has 4 heteroatoms. The van der Waals surface area contributed by atoms with E-state index >= 15 is 0 Å². The van der Waals surface area contributed by atoms with E-state index < -0.39 is 0 Å². The summed E-state index contributed by atoms with van der Waals surface area (Å²) in [6.45, 7) is 0. The minimum Gasteiger partial charge on any atom is -0.316 e. The van der Waals surface area contributed by atoms with Gasteiger partial charge in [-0.25, -0.2) is 0 Å². The fourth-order valence-corrected chi connectivity index (χ4v) is 2.68. The van der Waals surface area contributed by atoms with Gasteiger partial charge in [-0.05, 0) is 49.2 Å². The van der Waals surface area contributed by atoms with Crippen LogP contribution in [0.5, 0.6) is 0 Å². The van der Waals surface area contributed by atoms with Crippen LogP contribution in [0.1, 0.15) is 11.1 Å². The monoisotopic (exact) mass is 327 g/mol. The van der Waals surface area contributed by atoms with E-state index in [0.29, 0.717) is 16.1 Å². The highest BCUT2D eigenvalue weighted by atomic mass is 35.5. The van der Waals surface area contributed by atoms with Gasteiger partial charge < -0.3 is 5.32 Å². The van der Waals surface area contributed by atoms with Crippen molar-refractivity contribution in [2.45, 2.75) is 18.9 Å². The molecule has 0 aromatic heterocycles. The zero-order chi connectivity index (χ0) is 14.5. The van der Waals surface area contributed by atoms with Crippen molar-refractivity contribution in [1.82, 2.24) is 5.32 Å². The molecule has 0 fully saturated rings. The molecular weight excluding hydrogens is 313 g/mol. The molecule has 106 valence electrons. The maximum Gasteiger partial charge on any atom is 0.0624 e. The van der Waals surface area contributed by atoms with E-state index in [4.69, 9.17) is 34.8 Å². The van der Waals surface area contributed by atoms with Crippen molar-refractivity contribution in [1.29, 1.82) is 0 Å². The molecule has 0 saturated heterocycles. The first-order valence-electron chi connectivity index (χ1n) is 6.44. The van der Waals surface area contributed by atoms with E-state index in [1.54, 1.807) is 6.07 Å². The van der Waals surface area contributed by atoms with Crippen LogP contribution >= 0.6 is 34.8 Å². The Morgan fingerprint density at radius 3 is 2.30 bits per heavy atom. The Kier molecular flexibility index (Phi) is 5.74.